The summed E-state index contributed by atoms with van der Waals surface area (Å²) in [5.41, 5.74) is 2.37. The van der Waals surface area contributed by atoms with Crippen LogP contribution >= 0.6 is 24.0 Å². The van der Waals surface area contributed by atoms with Crippen molar-refractivity contribution in [1.29, 1.82) is 0 Å². The van der Waals surface area contributed by atoms with Gasteiger partial charge in [0.25, 0.3) is 0 Å². The molecule has 0 radical (unpaired) electrons. The van der Waals surface area contributed by atoms with Gasteiger partial charge in [0.05, 0.1) is 32.0 Å². The lowest BCUT2D eigenvalue weighted by Gasteiger charge is -2.13. The highest BCUT2D eigenvalue weighted by molar-refractivity contribution is 14.0. The Morgan fingerprint density at radius 1 is 1.21 bits per heavy atom. The number of hydrogen-bond acceptors (Lipinski definition) is 4. The van der Waals surface area contributed by atoms with Gasteiger partial charge in [0.1, 0.15) is 0 Å². The molecule has 2 rings (SSSR count). The van der Waals surface area contributed by atoms with Gasteiger partial charge in [-0.2, -0.15) is 0 Å². The van der Waals surface area contributed by atoms with Crippen molar-refractivity contribution in [3.05, 3.63) is 35.4 Å². The van der Waals surface area contributed by atoms with E-state index in [0.717, 1.165) is 51.5 Å². The third-order valence-electron chi connectivity index (χ3n) is 4.46. The summed E-state index contributed by atoms with van der Waals surface area (Å²) in [5.74, 6) is 0.842. The van der Waals surface area contributed by atoms with Crippen LogP contribution < -0.4 is 10.6 Å². The summed E-state index contributed by atoms with van der Waals surface area (Å²) in [7, 11) is 0. The summed E-state index contributed by atoms with van der Waals surface area (Å²) in [6, 6.07) is 8.45. The third-order valence-corrected chi connectivity index (χ3v) is 4.46. The van der Waals surface area contributed by atoms with Crippen molar-refractivity contribution in [2.24, 2.45) is 4.99 Å². The fourth-order valence-electron chi connectivity index (χ4n) is 2.89. The van der Waals surface area contributed by atoms with E-state index in [2.05, 4.69) is 60.7 Å². The Hall–Kier alpha value is -0.900. The van der Waals surface area contributed by atoms with Gasteiger partial charge in [0.15, 0.2) is 5.96 Å². The fraction of sp³-hybridized carbons (Fsp3) is 0.682. The van der Waals surface area contributed by atoms with Crippen molar-refractivity contribution in [3.63, 3.8) is 0 Å². The standard InChI is InChI=1S/C22H37N3O3.HI/c1-4-23-22(24-12-6-13-26-17-21-7-5-14-27-21)25-15-19-8-10-20(11-9-19)16-28-18(2)3;/h8-11,18,21H,4-7,12-17H2,1-3H3,(H2,23,24,25);1H. The Morgan fingerprint density at radius 2 is 1.97 bits per heavy atom. The van der Waals surface area contributed by atoms with Crippen LogP contribution in [0.1, 0.15) is 51.2 Å². The van der Waals surface area contributed by atoms with Gasteiger partial charge in [0, 0.05) is 26.3 Å². The average molecular weight is 519 g/mol. The van der Waals surface area contributed by atoms with Crippen LogP contribution in [0.5, 0.6) is 0 Å². The summed E-state index contributed by atoms with van der Waals surface area (Å²) in [6.07, 6.45) is 3.78. The van der Waals surface area contributed by atoms with Gasteiger partial charge in [0.2, 0.25) is 0 Å². The van der Waals surface area contributed by atoms with E-state index in [9.17, 15) is 0 Å². The molecule has 0 aliphatic carbocycles. The van der Waals surface area contributed by atoms with Crippen LogP contribution in [-0.2, 0) is 27.4 Å². The zero-order valence-electron chi connectivity index (χ0n) is 18.1. The van der Waals surface area contributed by atoms with Gasteiger partial charge in [-0.15, -0.1) is 24.0 Å². The zero-order chi connectivity index (χ0) is 20.0. The number of hydrogen-bond donors (Lipinski definition) is 2. The summed E-state index contributed by atoms with van der Waals surface area (Å²) in [6.45, 7) is 11.5. The largest absolute Gasteiger partial charge is 0.379 e. The summed E-state index contributed by atoms with van der Waals surface area (Å²) in [4.78, 5) is 4.67. The van der Waals surface area contributed by atoms with E-state index in [-0.39, 0.29) is 30.1 Å². The highest BCUT2D eigenvalue weighted by atomic mass is 127. The summed E-state index contributed by atoms with van der Waals surface area (Å²) >= 11 is 0. The van der Waals surface area contributed by atoms with Crippen LogP contribution in [-0.4, -0.2) is 51.1 Å². The molecule has 0 spiro atoms. The van der Waals surface area contributed by atoms with E-state index >= 15 is 0 Å². The van der Waals surface area contributed by atoms with Crippen LogP contribution in [0.3, 0.4) is 0 Å². The highest BCUT2D eigenvalue weighted by Crippen LogP contribution is 2.12. The van der Waals surface area contributed by atoms with Crippen molar-refractivity contribution >= 4 is 29.9 Å². The molecule has 1 atom stereocenters. The van der Waals surface area contributed by atoms with Gasteiger partial charge in [-0.1, -0.05) is 24.3 Å². The predicted molar refractivity (Wildman–Crippen MR) is 129 cm³/mol. The maximum Gasteiger partial charge on any atom is 0.191 e. The number of nitrogens with zero attached hydrogens (tertiary/aromatic N) is 1. The van der Waals surface area contributed by atoms with Crippen molar-refractivity contribution in [2.75, 3.05) is 32.9 Å². The number of guanidine groups is 1. The van der Waals surface area contributed by atoms with Crippen molar-refractivity contribution in [2.45, 2.75) is 65.4 Å². The lowest BCUT2D eigenvalue weighted by Crippen LogP contribution is -2.38. The van der Waals surface area contributed by atoms with E-state index in [1.165, 1.54) is 11.1 Å². The molecule has 0 amide bonds. The lowest BCUT2D eigenvalue weighted by molar-refractivity contribution is 0.0168. The van der Waals surface area contributed by atoms with Crippen LogP contribution in [0.4, 0.5) is 0 Å². The molecule has 0 aromatic heterocycles. The Kier molecular flexibility index (Phi) is 14.3. The second-order valence-electron chi connectivity index (χ2n) is 7.36. The van der Waals surface area contributed by atoms with Crippen molar-refractivity contribution in [1.82, 2.24) is 10.6 Å². The first-order valence-corrected chi connectivity index (χ1v) is 10.6. The van der Waals surface area contributed by atoms with Crippen LogP contribution in [0.15, 0.2) is 29.3 Å². The minimum absolute atomic E-state index is 0. The SMILES string of the molecule is CCNC(=NCc1ccc(COC(C)C)cc1)NCCCOCC1CCCO1.I. The quantitative estimate of drug-likeness (QED) is 0.190. The Bertz CT molecular complexity index is 561. The highest BCUT2D eigenvalue weighted by Gasteiger charge is 2.14. The molecule has 1 aliphatic heterocycles. The second-order valence-corrected chi connectivity index (χ2v) is 7.36. The minimum Gasteiger partial charge on any atom is -0.379 e. The van der Waals surface area contributed by atoms with E-state index in [1.54, 1.807) is 0 Å². The van der Waals surface area contributed by atoms with Gasteiger partial charge in [-0.05, 0) is 51.2 Å². The normalized spacial score (nSPS) is 16.7. The molecule has 6 nitrogen and oxygen atoms in total. The van der Waals surface area contributed by atoms with Crippen LogP contribution in [0.25, 0.3) is 0 Å². The topological polar surface area (TPSA) is 64.1 Å². The molecule has 166 valence electrons. The second kappa shape index (κ2) is 15.9. The molecular formula is C22H38IN3O3. The molecule has 7 heteroatoms. The minimum atomic E-state index is 0. The first kappa shape index (κ1) is 26.1. The monoisotopic (exact) mass is 519 g/mol. The summed E-state index contributed by atoms with van der Waals surface area (Å²) < 4.78 is 16.9. The molecule has 1 aromatic carbocycles. The lowest BCUT2D eigenvalue weighted by atomic mass is 10.1. The Labute approximate surface area is 193 Å². The molecule has 1 heterocycles. The molecule has 1 aromatic rings. The van der Waals surface area contributed by atoms with E-state index in [4.69, 9.17) is 14.2 Å². The maximum atomic E-state index is 5.70. The number of benzene rings is 1. The summed E-state index contributed by atoms with van der Waals surface area (Å²) in [5, 5.41) is 6.66. The average Bonchev–Trinajstić information content (AvgIpc) is 3.21. The van der Waals surface area contributed by atoms with Crippen molar-refractivity contribution < 1.29 is 14.2 Å². The van der Waals surface area contributed by atoms with E-state index in [1.807, 2.05) is 0 Å². The number of nitrogens with one attached hydrogen (secondary N) is 2. The molecule has 1 fully saturated rings. The molecule has 2 N–H and O–H groups in total. The molecular weight excluding hydrogens is 481 g/mol. The predicted octanol–water partition coefficient (Wildman–Crippen LogP) is 3.87. The number of aliphatic imine (C=N–C) groups is 1. The Balaban J connectivity index is 0.00000420. The third kappa shape index (κ3) is 11.8. The van der Waals surface area contributed by atoms with Gasteiger partial charge < -0.3 is 24.8 Å². The number of halogens is 1. The maximum absolute atomic E-state index is 5.70. The number of ether oxygens (including phenoxy) is 3. The fourth-order valence-corrected chi connectivity index (χ4v) is 2.89. The molecule has 1 aliphatic rings. The number of rotatable bonds is 12. The molecule has 29 heavy (non-hydrogen) atoms. The van der Waals surface area contributed by atoms with Crippen LogP contribution in [0.2, 0.25) is 0 Å². The van der Waals surface area contributed by atoms with Crippen LogP contribution in [0, 0.1) is 0 Å². The van der Waals surface area contributed by atoms with E-state index in [0.29, 0.717) is 25.9 Å². The van der Waals surface area contributed by atoms with E-state index < -0.39 is 0 Å². The molecule has 0 saturated carbocycles. The van der Waals surface area contributed by atoms with Gasteiger partial charge in [-0.25, -0.2) is 4.99 Å². The van der Waals surface area contributed by atoms with Gasteiger partial charge in [-0.3, -0.25) is 0 Å². The van der Waals surface area contributed by atoms with Crippen molar-refractivity contribution in [3.8, 4) is 0 Å². The molecule has 1 saturated heterocycles. The molecule has 1 unspecified atom stereocenters. The Morgan fingerprint density at radius 3 is 2.62 bits per heavy atom. The molecule has 0 bridgehead atoms. The first-order chi connectivity index (χ1) is 13.7. The zero-order valence-corrected chi connectivity index (χ0v) is 20.4. The first-order valence-electron chi connectivity index (χ1n) is 10.6. The smallest absolute Gasteiger partial charge is 0.191 e. The van der Waals surface area contributed by atoms with Gasteiger partial charge >= 0.3 is 0 Å².